The largest absolute Gasteiger partial charge is 0.379 e. The first-order valence-corrected chi connectivity index (χ1v) is 5.64. The van der Waals surface area contributed by atoms with Gasteiger partial charge < -0.3 is 15.1 Å². The van der Waals surface area contributed by atoms with Crippen LogP contribution >= 0.6 is 0 Å². The van der Waals surface area contributed by atoms with E-state index in [9.17, 15) is 4.79 Å². The molecule has 1 aromatic carbocycles. The number of nitrogens with zero attached hydrogens (tertiary/aromatic N) is 1. The maximum atomic E-state index is 12.3. The lowest BCUT2D eigenvalue weighted by molar-refractivity contribution is 0.0712. The first-order chi connectivity index (χ1) is 8.24. The molecule has 0 aromatic heterocycles. The van der Waals surface area contributed by atoms with Gasteiger partial charge in [0.15, 0.2) is 0 Å². The lowest BCUT2D eigenvalue weighted by atomic mass is 10.1. The fourth-order valence-corrected chi connectivity index (χ4v) is 1.98. The predicted molar refractivity (Wildman–Crippen MR) is 65.6 cm³/mol. The van der Waals surface area contributed by atoms with Crippen molar-refractivity contribution >= 4 is 11.6 Å². The van der Waals surface area contributed by atoms with Gasteiger partial charge in [-0.15, -0.1) is 0 Å². The maximum Gasteiger partial charge on any atom is 0.256 e. The number of likely N-dealkylation sites (N-methyl/N-ethyl adjacent to an activating group) is 1. The van der Waals surface area contributed by atoms with Gasteiger partial charge in [0.05, 0.1) is 23.9 Å². The van der Waals surface area contributed by atoms with Crippen molar-refractivity contribution in [1.29, 1.82) is 0 Å². The molecule has 92 valence electrons. The third kappa shape index (κ3) is 2.40. The Balaban J connectivity index is 2.18. The van der Waals surface area contributed by atoms with Crippen molar-refractivity contribution in [3.8, 4) is 0 Å². The van der Waals surface area contributed by atoms with Gasteiger partial charge in [-0.3, -0.25) is 10.6 Å². The van der Waals surface area contributed by atoms with Crippen molar-refractivity contribution in [3.05, 3.63) is 29.8 Å². The highest BCUT2D eigenvalue weighted by Gasteiger charge is 2.25. The van der Waals surface area contributed by atoms with E-state index >= 15 is 0 Å². The van der Waals surface area contributed by atoms with Crippen LogP contribution in [0, 0.1) is 0 Å². The Hall–Kier alpha value is -1.59. The number of nitrogens with two attached hydrogens (primary N) is 1. The lowest BCUT2D eigenvalue weighted by Crippen LogP contribution is -2.37. The highest BCUT2D eigenvalue weighted by Crippen LogP contribution is 2.19. The normalized spacial score (nSPS) is 19.1. The van der Waals surface area contributed by atoms with E-state index in [0.717, 1.165) is 13.0 Å². The van der Waals surface area contributed by atoms with E-state index < -0.39 is 0 Å². The molecule has 1 aliphatic rings. The molecule has 1 aliphatic heterocycles. The highest BCUT2D eigenvalue weighted by atomic mass is 16.5. The van der Waals surface area contributed by atoms with Crippen molar-refractivity contribution < 1.29 is 9.53 Å². The van der Waals surface area contributed by atoms with E-state index in [1.807, 2.05) is 12.1 Å². The van der Waals surface area contributed by atoms with Crippen LogP contribution in [0.4, 0.5) is 5.69 Å². The van der Waals surface area contributed by atoms with E-state index in [4.69, 9.17) is 10.6 Å². The number of nitrogen functional groups attached to an aromatic ring is 1. The van der Waals surface area contributed by atoms with Crippen LogP contribution in [0.15, 0.2) is 24.3 Å². The number of nitrogens with one attached hydrogen (secondary N) is 1. The molecule has 0 aliphatic carbocycles. The number of hydrogen-bond acceptors (Lipinski definition) is 4. The van der Waals surface area contributed by atoms with E-state index in [2.05, 4.69) is 5.43 Å². The van der Waals surface area contributed by atoms with Crippen molar-refractivity contribution in [2.45, 2.75) is 12.5 Å². The minimum Gasteiger partial charge on any atom is -0.379 e. The summed E-state index contributed by atoms with van der Waals surface area (Å²) in [5.74, 6) is 5.36. The Morgan fingerprint density at radius 3 is 2.94 bits per heavy atom. The average molecular weight is 235 g/mol. The summed E-state index contributed by atoms with van der Waals surface area (Å²) in [6.45, 7) is 1.33. The molecule has 0 bridgehead atoms. The second-order valence-electron chi connectivity index (χ2n) is 4.12. The van der Waals surface area contributed by atoms with Crippen LogP contribution in [0.5, 0.6) is 0 Å². The van der Waals surface area contributed by atoms with Crippen molar-refractivity contribution in [3.63, 3.8) is 0 Å². The Kier molecular flexibility index (Phi) is 3.61. The van der Waals surface area contributed by atoms with Crippen molar-refractivity contribution in [2.75, 3.05) is 25.7 Å². The molecule has 2 rings (SSSR count). The molecule has 5 nitrogen and oxygen atoms in total. The zero-order chi connectivity index (χ0) is 12.3. The number of benzene rings is 1. The van der Waals surface area contributed by atoms with Crippen LogP contribution in [-0.2, 0) is 4.74 Å². The average Bonchev–Trinajstić information content (AvgIpc) is 2.90. The smallest absolute Gasteiger partial charge is 0.256 e. The van der Waals surface area contributed by atoms with Gasteiger partial charge in [0.2, 0.25) is 0 Å². The van der Waals surface area contributed by atoms with E-state index in [1.165, 1.54) is 0 Å². The molecule has 1 fully saturated rings. The Morgan fingerprint density at radius 1 is 1.53 bits per heavy atom. The molecular weight excluding hydrogens is 218 g/mol. The minimum absolute atomic E-state index is 0.0333. The van der Waals surface area contributed by atoms with Gasteiger partial charge in [-0.2, -0.15) is 0 Å². The predicted octanol–water partition coefficient (Wildman–Crippen LogP) is 0.833. The quantitative estimate of drug-likeness (QED) is 0.601. The summed E-state index contributed by atoms with van der Waals surface area (Å²) in [5, 5.41) is 0. The van der Waals surface area contributed by atoms with Crippen LogP contribution in [0.2, 0.25) is 0 Å². The zero-order valence-electron chi connectivity index (χ0n) is 9.85. The van der Waals surface area contributed by atoms with E-state index in [1.54, 1.807) is 24.1 Å². The number of para-hydroxylation sites is 1. The Bertz CT molecular complexity index is 402. The maximum absolute atomic E-state index is 12.3. The molecule has 1 unspecified atom stereocenters. The second kappa shape index (κ2) is 5.16. The number of anilines is 1. The van der Waals surface area contributed by atoms with E-state index in [-0.39, 0.29) is 11.9 Å². The summed E-state index contributed by atoms with van der Waals surface area (Å²) >= 11 is 0. The fourth-order valence-electron chi connectivity index (χ4n) is 1.98. The van der Waals surface area contributed by atoms with Crippen LogP contribution in [0.1, 0.15) is 16.8 Å². The Labute approximate surface area is 101 Å². The molecule has 3 N–H and O–H groups in total. The molecule has 1 saturated heterocycles. The van der Waals surface area contributed by atoms with Crippen LogP contribution < -0.4 is 11.3 Å². The second-order valence-corrected chi connectivity index (χ2v) is 4.12. The minimum atomic E-state index is -0.0333. The molecule has 1 atom stereocenters. The molecule has 1 heterocycles. The van der Waals surface area contributed by atoms with Gasteiger partial charge >= 0.3 is 0 Å². The summed E-state index contributed by atoms with van der Waals surface area (Å²) < 4.78 is 5.29. The van der Waals surface area contributed by atoms with Gasteiger partial charge in [0.25, 0.3) is 5.91 Å². The van der Waals surface area contributed by atoms with Gasteiger partial charge in [0, 0.05) is 13.7 Å². The van der Waals surface area contributed by atoms with Gasteiger partial charge in [0.1, 0.15) is 0 Å². The molecule has 17 heavy (non-hydrogen) atoms. The molecule has 0 saturated carbocycles. The molecule has 1 amide bonds. The Morgan fingerprint density at radius 2 is 2.29 bits per heavy atom. The number of hydrazine groups is 1. The van der Waals surface area contributed by atoms with Gasteiger partial charge in [-0.1, -0.05) is 12.1 Å². The summed E-state index contributed by atoms with van der Waals surface area (Å²) in [7, 11) is 1.80. The number of rotatable bonds is 3. The SMILES string of the molecule is CN(C(=O)c1ccccc1NN)C1CCOC1. The van der Waals surface area contributed by atoms with Crippen molar-refractivity contribution in [2.24, 2.45) is 5.84 Å². The summed E-state index contributed by atoms with van der Waals surface area (Å²) in [6, 6.07) is 7.38. The first-order valence-electron chi connectivity index (χ1n) is 5.64. The first kappa shape index (κ1) is 11.9. The number of carbonyl (C=O) groups excluding carboxylic acids is 1. The fraction of sp³-hybridized carbons (Fsp3) is 0.417. The molecule has 0 spiro atoms. The summed E-state index contributed by atoms with van der Waals surface area (Å²) in [5.41, 5.74) is 3.77. The number of hydrogen-bond donors (Lipinski definition) is 2. The molecule has 5 heteroatoms. The third-order valence-electron chi connectivity index (χ3n) is 3.09. The van der Waals surface area contributed by atoms with Gasteiger partial charge in [-0.25, -0.2) is 0 Å². The molecule has 0 radical (unpaired) electrons. The van der Waals surface area contributed by atoms with Gasteiger partial charge in [-0.05, 0) is 18.6 Å². The van der Waals surface area contributed by atoms with E-state index in [0.29, 0.717) is 17.9 Å². The monoisotopic (exact) mass is 235 g/mol. The lowest BCUT2D eigenvalue weighted by Gasteiger charge is -2.24. The number of amides is 1. The van der Waals surface area contributed by atoms with Crippen LogP contribution in [-0.4, -0.2) is 37.1 Å². The number of ether oxygens (including phenoxy) is 1. The third-order valence-corrected chi connectivity index (χ3v) is 3.09. The summed E-state index contributed by atoms with van der Waals surface area (Å²) in [4.78, 5) is 14.0. The number of carbonyl (C=O) groups is 1. The van der Waals surface area contributed by atoms with Crippen LogP contribution in [0.3, 0.4) is 0 Å². The highest BCUT2D eigenvalue weighted by molar-refractivity contribution is 5.99. The molecular formula is C12H17N3O2. The zero-order valence-corrected chi connectivity index (χ0v) is 9.85. The summed E-state index contributed by atoms with van der Waals surface area (Å²) in [6.07, 6.45) is 0.889. The van der Waals surface area contributed by atoms with Crippen LogP contribution in [0.25, 0.3) is 0 Å². The standard InChI is InChI=1S/C12H17N3O2/c1-15(9-6-7-17-8-9)12(16)10-4-2-3-5-11(10)14-13/h2-5,9,14H,6-8,13H2,1H3. The molecule has 1 aromatic rings. The topological polar surface area (TPSA) is 67.6 Å². The van der Waals surface area contributed by atoms with Crippen molar-refractivity contribution in [1.82, 2.24) is 4.90 Å².